The molecule has 0 amide bonds. The molecule has 0 aliphatic carbocycles. The molecule has 0 aliphatic heterocycles. The summed E-state index contributed by atoms with van der Waals surface area (Å²) in [5.74, 6) is -0.444. The monoisotopic (exact) mass is 835 g/mol. The van der Waals surface area contributed by atoms with Crippen molar-refractivity contribution in [3.63, 3.8) is 0 Å². The molecule has 0 N–H and O–H groups in total. The van der Waals surface area contributed by atoms with Crippen LogP contribution in [0.4, 0.5) is 0 Å². The van der Waals surface area contributed by atoms with Crippen molar-refractivity contribution in [1.29, 1.82) is 0 Å². The summed E-state index contributed by atoms with van der Waals surface area (Å²) in [7, 11) is 0. The van der Waals surface area contributed by atoms with Crippen molar-refractivity contribution in [3.05, 3.63) is 85.1 Å². The number of allylic oxidation sites excluding steroid dienone is 14. The van der Waals surface area contributed by atoms with Gasteiger partial charge in [-0.25, -0.2) is 0 Å². The minimum atomic E-state index is -0.568. The zero-order valence-corrected chi connectivity index (χ0v) is 39.5. The number of rotatable bonds is 45. The van der Waals surface area contributed by atoms with Crippen LogP contribution in [-0.4, -0.2) is 37.9 Å². The predicted molar refractivity (Wildman–Crippen MR) is 260 cm³/mol. The molecule has 1 unspecified atom stereocenters. The van der Waals surface area contributed by atoms with Gasteiger partial charge in [-0.3, -0.25) is 9.59 Å². The van der Waals surface area contributed by atoms with Crippen LogP contribution in [0.2, 0.25) is 0 Å². The zero-order valence-electron chi connectivity index (χ0n) is 39.5. The fourth-order valence-electron chi connectivity index (χ4n) is 6.63. The summed E-state index contributed by atoms with van der Waals surface area (Å²) in [6.45, 7) is 7.55. The smallest absolute Gasteiger partial charge is 0.306 e. The van der Waals surface area contributed by atoms with E-state index in [1.807, 2.05) is 0 Å². The predicted octanol–water partition coefficient (Wildman–Crippen LogP) is 16.9. The van der Waals surface area contributed by atoms with Gasteiger partial charge in [0.1, 0.15) is 6.61 Å². The number of carbonyl (C=O) groups is 2. The molecule has 0 saturated carbocycles. The Hall–Kier alpha value is -2.92. The Kier molecular flexibility index (Phi) is 48.0. The number of hydrogen-bond donors (Lipinski definition) is 0. The second-order valence-corrected chi connectivity index (χ2v) is 16.3. The number of ether oxygens (including phenoxy) is 3. The highest BCUT2D eigenvalue weighted by molar-refractivity contribution is 5.70. The van der Waals surface area contributed by atoms with Gasteiger partial charge in [0, 0.05) is 19.4 Å². The van der Waals surface area contributed by atoms with Crippen molar-refractivity contribution >= 4 is 11.9 Å². The first-order chi connectivity index (χ1) is 29.6. The van der Waals surface area contributed by atoms with Gasteiger partial charge in [-0.2, -0.15) is 0 Å². The van der Waals surface area contributed by atoms with E-state index in [2.05, 4.69) is 106 Å². The van der Waals surface area contributed by atoms with Crippen LogP contribution < -0.4 is 0 Å². The summed E-state index contributed by atoms with van der Waals surface area (Å²) in [6, 6.07) is 0. The van der Waals surface area contributed by atoms with E-state index < -0.39 is 6.10 Å². The maximum Gasteiger partial charge on any atom is 0.306 e. The Labute approximate surface area is 371 Å². The molecule has 0 rings (SSSR count). The Balaban J connectivity index is 4.35. The molecule has 0 heterocycles. The topological polar surface area (TPSA) is 61.8 Å². The third-order valence-corrected chi connectivity index (χ3v) is 10.4. The Morgan fingerprint density at radius 2 is 0.767 bits per heavy atom. The average Bonchev–Trinajstić information content (AvgIpc) is 3.25. The Morgan fingerprint density at radius 1 is 0.383 bits per heavy atom. The molecule has 5 heteroatoms. The number of unbranched alkanes of at least 4 members (excludes halogenated alkanes) is 20. The number of carbonyl (C=O) groups excluding carboxylic acids is 2. The van der Waals surface area contributed by atoms with Crippen LogP contribution in [0.15, 0.2) is 85.1 Å². The lowest BCUT2D eigenvalue weighted by Crippen LogP contribution is -2.30. The highest BCUT2D eigenvalue weighted by Gasteiger charge is 2.17. The van der Waals surface area contributed by atoms with E-state index in [0.717, 1.165) is 103 Å². The summed E-state index contributed by atoms with van der Waals surface area (Å²) in [5.41, 5.74) is 0. The summed E-state index contributed by atoms with van der Waals surface area (Å²) in [4.78, 5) is 25.3. The molecule has 0 aromatic carbocycles. The average molecular weight is 835 g/mol. The van der Waals surface area contributed by atoms with Crippen LogP contribution >= 0.6 is 0 Å². The molecule has 0 bridgehead atoms. The third-order valence-electron chi connectivity index (χ3n) is 10.4. The van der Waals surface area contributed by atoms with Crippen molar-refractivity contribution in [2.24, 2.45) is 0 Å². The first-order valence-corrected chi connectivity index (χ1v) is 25.1. The molecule has 1 atom stereocenters. The van der Waals surface area contributed by atoms with Crippen molar-refractivity contribution in [3.8, 4) is 0 Å². The van der Waals surface area contributed by atoms with Crippen molar-refractivity contribution in [2.45, 2.75) is 232 Å². The molecular formula is C55H94O5. The van der Waals surface area contributed by atoms with Crippen LogP contribution in [0, 0.1) is 0 Å². The molecule has 60 heavy (non-hydrogen) atoms. The summed E-state index contributed by atoms with van der Waals surface area (Å²) < 4.78 is 17.3. The Morgan fingerprint density at radius 3 is 1.27 bits per heavy atom. The molecule has 0 aromatic heterocycles. The normalized spacial score (nSPS) is 12.9. The molecule has 0 spiro atoms. The van der Waals surface area contributed by atoms with Crippen LogP contribution in [0.3, 0.4) is 0 Å². The maximum absolute atomic E-state index is 12.7. The van der Waals surface area contributed by atoms with Gasteiger partial charge in [-0.05, 0) is 109 Å². The van der Waals surface area contributed by atoms with Crippen LogP contribution in [0.1, 0.15) is 226 Å². The molecule has 0 aromatic rings. The van der Waals surface area contributed by atoms with E-state index in [4.69, 9.17) is 14.2 Å². The molecule has 0 fully saturated rings. The van der Waals surface area contributed by atoms with Crippen molar-refractivity contribution < 1.29 is 23.8 Å². The summed E-state index contributed by atoms with van der Waals surface area (Å²) in [6.07, 6.45) is 65.9. The van der Waals surface area contributed by atoms with Gasteiger partial charge in [0.2, 0.25) is 0 Å². The van der Waals surface area contributed by atoms with E-state index in [9.17, 15) is 9.59 Å². The van der Waals surface area contributed by atoms with E-state index in [-0.39, 0.29) is 25.2 Å². The highest BCUT2D eigenvalue weighted by atomic mass is 16.6. The zero-order chi connectivity index (χ0) is 43.5. The van der Waals surface area contributed by atoms with E-state index in [1.54, 1.807) is 0 Å². The largest absolute Gasteiger partial charge is 0.462 e. The van der Waals surface area contributed by atoms with E-state index in [1.165, 1.54) is 89.9 Å². The molecular weight excluding hydrogens is 741 g/mol. The van der Waals surface area contributed by atoms with E-state index >= 15 is 0 Å². The molecule has 0 radical (unpaired) electrons. The molecule has 5 nitrogen and oxygen atoms in total. The van der Waals surface area contributed by atoms with E-state index in [0.29, 0.717) is 19.4 Å². The lowest BCUT2D eigenvalue weighted by molar-refractivity contribution is -0.163. The van der Waals surface area contributed by atoms with Gasteiger partial charge in [0.15, 0.2) is 6.10 Å². The van der Waals surface area contributed by atoms with Crippen molar-refractivity contribution in [1.82, 2.24) is 0 Å². The fraction of sp³-hybridized carbons (Fsp3) is 0.709. The quantitative estimate of drug-likeness (QED) is 0.0347. The van der Waals surface area contributed by atoms with Crippen LogP contribution in [0.25, 0.3) is 0 Å². The van der Waals surface area contributed by atoms with Gasteiger partial charge in [-0.15, -0.1) is 0 Å². The summed E-state index contributed by atoms with van der Waals surface area (Å²) >= 11 is 0. The van der Waals surface area contributed by atoms with Crippen LogP contribution in [-0.2, 0) is 23.8 Å². The van der Waals surface area contributed by atoms with Crippen molar-refractivity contribution in [2.75, 3.05) is 19.8 Å². The summed E-state index contributed by atoms with van der Waals surface area (Å²) in [5, 5.41) is 0. The third kappa shape index (κ3) is 47.8. The van der Waals surface area contributed by atoms with Gasteiger partial charge in [-0.1, -0.05) is 189 Å². The number of hydrogen-bond acceptors (Lipinski definition) is 5. The minimum absolute atomic E-state index is 0.0570. The van der Waals surface area contributed by atoms with Crippen LogP contribution in [0.5, 0.6) is 0 Å². The number of esters is 2. The van der Waals surface area contributed by atoms with Gasteiger partial charge < -0.3 is 14.2 Å². The standard InChI is InChI=1S/C55H94O5/c1-4-7-10-13-16-19-22-24-26-27-28-30-32-35-38-41-44-47-50-58-51-53(60-55(57)49-46-43-40-37-33-21-18-15-12-9-6-3)52-59-54(56)48-45-42-39-36-34-31-29-25-23-20-17-14-11-8-5-2/h7,10,15-16,18-19,24-26,28-30,35,38,53H,4-6,8-9,11-14,17,20-23,27,31-34,36-37,39-52H2,1-3H3/b10-7-,18-15-,19-16-,26-24-,29-25-,30-28-,38-35-. The maximum atomic E-state index is 12.7. The first-order valence-electron chi connectivity index (χ1n) is 25.1. The Bertz CT molecular complexity index is 1130. The second kappa shape index (κ2) is 50.4. The fourth-order valence-corrected chi connectivity index (χ4v) is 6.63. The SMILES string of the molecule is CC/C=C\C/C=C\C/C=C\C/C=C\C/C=C\CCCCOCC(COC(=O)CCCCCCC/C=C\CCCCCCCC)OC(=O)CCCCCCC/C=C\CCCC. The second-order valence-electron chi connectivity index (χ2n) is 16.3. The minimum Gasteiger partial charge on any atom is -0.462 e. The highest BCUT2D eigenvalue weighted by Crippen LogP contribution is 2.13. The molecule has 0 aliphatic rings. The van der Waals surface area contributed by atoms with Gasteiger partial charge >= 0.3 is 11.9 Å². The lowest BCUT2D eigenvalue weighted by Gasteiger charge is -2.18. The van der Waals surface area contributed by atoms with Gasteiger partial charge in [0.05, 0.1) is 6.61 Å². The van der Waals surface area contributed by atoms with Gasteiger partial charge in [0.25, 0.3) is 0 Å². The molecule has 0 saturated heterocycles. The first kappa shape index (κ1) is 57.1. The molecule has 344 valence electrons. The lowest BCUT2D eigenvalue weighted by atomic mass is 10.1.